The van der Waals surface area contributed by atoms with Crippen molar-refractivity contribution in [2.24, 2.45) is 0 Å². The van der Waals surface area contributed by atoms with Gasteiger partial charge in [0.05, 0.1) is 10.6 Å². The van der Waals surface area contributed by atoms with Crippen LogP contribution in [0.15, 0.2) is 83.8 Å². The summed E-state index contributed by atoms with van der Waals surface area (Å²) in [5.74, 6) is -1.30. The fourth-order valence-corrected chi connectivity index (χ4v) is 4.44. The van der Waals surface area contributed by atoms with Crippen molar-refractivity contribution in [2.75, 3.05) is 17.4 Å². The highest BCUT2D eigenvalue weighted by Crippen LogP contribution is 2.23. The van der Waals surface area contributed by atoms with Gasteiger partial charge in [-0.2, -0.15) is 0 Å². The summed E-state index contributed by atoms with van der Waals surface area (Å²) in [6.45, 7) is -0.113. The number of nitrogens with one attached hydrogen (secondary N) is 1. The molecular formula is C23H22F2N2O3S. The largest absolute Gasteiger partial charge is 0.355 e. The molecule has 0 aliphatic rings. The third kappa shape index (κ3) is 6.11. The van der Waals surface area contributed by atoms with E-state index in [4.69, 9.17) is 0 Å². The molecule has 31 heavy (non-hydrogen) atoms. The lowest BCUT2D eigenvalue weighted by Crippen LogP contribution is -2.41. The Hall–Kier alpha value is -3.26. The number of amides is 1. The van der Waals surface area contributed by atoms with E-state index in [1.165, 1.54) is 36.4 Å². The molecule has 0 fully saturated rings. The lowest BCUT2D eigenvalue weighted by Gasteiger charge is -2.24. The maximum absolute atomic E-state index is 13.3. The Morgan fingerprint density at radius 3 is 2.03 bits per heavy atom. The second-order valence-electron chi connectivity index (χ2n) is 6.88. The van der Waals surface area contributed by atoms with Crippen molar-refractivity contribution in [2.45, 2.75) is 17.7 Å². The Kier molecular flexibility index (Phi) is 7.36. The molecule has 3 aromatic carbocycles. The normalized spacial score (nSPS) is 11.2. The molecule has 5 nitrogen and oxygen atoms in total. The molecule has 0 atom stereocenters. The fourth-order valence-electron chi connectivity index (χ4n) is 3.00. The van der Waals surface area contributed by atoms with E-state index in [-0.39, 0.29) is 16.4 Å². The molecule has 0 unspecified atom stereocenters. The number of nitrogens with zero attached hydrogens (tertiary/aromatic N) is 1. The summed E-state index contributed by atoms with van der Waals surface area (Å²) in [6.07, 6.45) is 1.25. The quantitative estimate of drug-likeness (QED) is 0.509. The molecule has 0 spiro atoms. The number of carbonyl (C=O) groups is 1. The molecule has 0 radical (unpaired) electrons. The number of hydrogen-bond donors (Lipinski definition) is 1. The zero-order valence-corrected chi connectivity index (χ0v) is 17.5. The minimum Gasteiger partial charge on any atom is -0.355 e. The smallest absolute Gasteiger partial charge is 0.264 e. The first kappa shape index (κ1) is 22.4. The first-order valence-corrected chi connectivity index (χ1v) is 11.1. The molecule has 0 bridgehead atoms. The number of anilines is 1. The Morgan fingerprint density at radius 2 is 1.42 bits per heavy atom. The maximum atomic E-state index is 13.3. The number of rotatable bonds is 9. The summed E-state index contributed by atoms with van der Waals surface area (Å²) < 4.78 is 53.5. The van der Waals surface area contributed by atoms with Crippen LogP contribution in [0.1, 0.15) is 12.0 Å². The summed E-state index contributed by atoms with van der Waals surface area (Å²) in [7, 11) is -4.03. The van der Waals surface area contributed by atoms with Gasteiger partial charge in [0.2, 0.25) is 5.91 Å². The van der Waals surface area contributed by atoms with E-state index in [9.17, 15) is 22.0 Å². The lowest BCUT2D eigenvalue weighted by atomic mass is 10.1. The van der Waals surface area contributed by atoms with Gasteiger partial charge in [-0.25, -0.2) is 17.2 Å². The van der Waals surface area contributed by atoms with Crippen molar-refractivity contribution in [3.05, 3.63) is 96.1 Å². The molecule has 1 N–H and O–H groups in total. The van der Waals surface area contributed by atoms with Crippen LogP contribution in [-0.2, 0) is 21.2 Å². The molecule has 0 aliphatic carbocycles. The summed E-state index contributed by atoms with van der Waals surface area (Å²) in [5.41, 5.74) is 1.13. The molecule has 0 saturated heterocycles. The van der Waals surface area contributed by atoms with Gasteiger partial charge in [0.15, 0.2) is 0 Å². The molecule has 3 rings (SSSR count). The molecule has 0 heterocycles. The summed E-state index contributed by atoms with van der Waals surface area (Å²) >= 11 is 0. The maximum Gasteiger partial charge on any atom is 0.264 e. The van der Waals surface area contributed by atoms with Crippen LogP contribution in [0.5, 0.6) is 0 Å². The van der Waals surface area contributed by atoms with Gasteiger partial charge in [-0.15, -0.1) is 0 Å². The van der Waals surface area contributed by atoms with Gasteiger partial charge in [0, 0.05) is 6.54 Å². The monoisotopic (exact) mass is 444 g/mol. The first-order valence-electron chi connectivity index (χ1n) is 9.71. The second kappa shape index (κ2) is 10.2. The van der Waals surface area contributed by atoms with E-state index in [0.29, 0.717) is 19.4 Å². The molecule has 162 valence electrons. The zero-order valence-electron chi connectivity index (χ0n) is 16.7. The minimum atomic E-state index is -4.03. The van der Waals surface area contributed by atoms with E-state index in [0.717, 1.165) is 22.0 Å². The number of carbonyl (C=O) groups excluding carboxylic acids is 1. The number of benzene rings is 3. The van der Waals surface area contributed by atoms with Gasteiger partial charge in [-0.1, -0.05) is 30.3 Å². The molecule has 0 aliphatic heterocycles. The van der Waals surface area contributed by atoms with Gasteiger partial charge < -0.3 is 5.32 Å². The second-order valence-corrected chi connectivity index (χ2v) is 8.74. The minimum absolute atomic E-state index is 0.0310. The van der Waals surface area contributed by atoms with Gasteiger partial charge in [0.1, 0.15) is 18.2 Å². The molecule has 1 amide bonds. The highest BCUT2D eigenvalue weighted by atomic mass is 32.2. The van der Waals surface area contributed by atoms with Gasteiger partial charge in [0.25, 0.3) is 10.0 Å². The lowest BCUT2D eigenvalue weighted by molar-refractivity contribution is -0.119. The van der Waals surface area contributed by atoms with Gasteiger partial charge >= 0.3 is 0 Å². The van der Waals surface area contributed by atoms with Crippen LogP contribution in [-0.4, -0.2) is 27.4 Å². The Morgan fingerprint density at radius 1 is 0.839 bits per heavy atom. The Balaban J connectivity index is 1.67. The fraction of sp³-hybridized carbons (Fsp3) is 0.174. The van der Waals surface area contributed by atoms with Crippen molar-refractivity contribution >= 4 is 21.6 Å². The summed E-state index contributed by atoms with van der Waals surface area (Å²) in [5, 5.41) is 2.71. The number of halogens is 2. The predicted molar refractivity (Wildman–Crippen MR) is 115 cm³/mol. The molecular weight excluding hydrogens is 422 g/mol. The van der Waals surface area contributed by atoms with Crippen LogP contribution >= 0.6 is 0 Å². The zero-order chi connectivity index (χ0) is 22.3. The Bertz CT molecular complexity index is 1100. The molecule has 8 heteroatoms. The van der Waals surface area contributed by atoms with E-state index < -0.39 is 28.3 Å². The van der Waals surface area contributed by atoms with E-state index in [2.05, 4.69) is 5.32 Å². The highest BCUT2D eigenvalue weighted by molar-refractivity contribution is 7.92. The van der Waals surface area contributed by atoms with Crippen molar-refractivity contribution in [1.29, 1.82) is 0 Å². The average molecular weight is 445 g/mol. The van der Waals surface area contributed by atoms with Crippen molar-refractivity contribution < 1.29 is 22.0 Å². The van der Waals surface area contributed by atoms with Crippen LogP contribution in [0.4, 0.5) is 14.5 Å². The van der Waals surface area contributed by atoms with Crippen molar-refractivity contribution in [1.82, 2.24) is 5.32 Å². The average Bonchev–Trinajstić information content (AvgIpc) is 2.77. The summed E-state index contributed by atoms with van der Waals surface area (Å²) in [6, 6.07) is 18.8. The molecule has 0 aromatic heterocycles. The number of sulfonamides is 1. The van der Waals surface area contributed by atoms with Crippen molar-refractivity contribution in [3.63, 3.8) is 0 Å². The van der Waals surface area contributed by atoms with Gasteiger partial charge in [-0.3, -0.25) is 9.10 Å². The third-order valence-corrected chi connectivity index (χ3v) is 6.40. The topological polar surface area (TPSA) is 66.5 Å². The standard InChI is InChI=1S/C23H22F2N2O3S/c24-19-10-8-18(9-11-19)5-4-16-26-23(28)17-27(21-14-12-20(25)13-15-21)31(29,30)22-6-2-1-3-7-22/h1-3,6-15H,4-5,16-17H2,(H,26,28). The van der Waals surface area contributed by atoms with Gasteiger partial charge in [-0.05, 0) is 66.9 Å². The van der Waals surface area contributed by atoms with Crippen LogP contribution in [0.2, 0.25) is 0 Å². The van der Waals surface area contributed by atoms with Crippen LogP contribution in [0.25, 0.3) is 0 Å². The number of hydrogen-bond acceptors (Lipinski definition) is 3. The Labute approximate surface area is 180 Å². The first-order chi connectivity index (χ1) is 14.9. The van der Waals surface area contributed by atoms with E-state index in [1.807, 2.05) is 0 Å². The predicted octanol–water partition coefficient (Wildman–Crippen LogP) is 3.91. The van der Waals surface area contributed by atoms with E-state index in [1.54, 1.807) is 30.3 Å². The van der Waals surface area contributed by atoms with Crippen molar-refractivity contribution in [3.8, 4) is 0 Å². The molecule has 0 saturated carbocycles. The molecule has 3 aromatic rings. The van der Waals surface area contributed by atoms with Crippen LogP contribution < -0.4 is 9.62 Å². The number of aryl methyl sites for hydroxylation is 1. The van der Waals surface area contributed by atoms with Crippen LogP contribution in [0.3, 0.4) is 0 Å². The summed E-state index contributed by atoms with van der Waals surface area (Å²) in [4.78, 5) is 12.5. The van der Waals surface area contributed by atoms with E-state index >= 15 is 0 Å². The SMILES string of the molecule is O=C(CN(c1ccc(F)cc1)S(=O)(=O)c1ccccc1)NCCCc1ccc(F)cc1. The van der Waals surface area contributed by atoms with Crippen LogP contribution in [0, 0.1) is 11.6 Å². The third-order valence-electron chi connectivity index (χ3n) is 4.61. The highest BCUT2D eigenvalue weighted by Gasteiger charge is 2.27.